The molecule has 0 radical (unpaired) electrons. The van der Waals surface area contributed by atoms with Crippen molar-refractivity contribution in [3.05, 3.63) is 34.3 Å². The molecule has 0 aliphatic heterocycles. The molecule has 0 aliphatic rings. The van der Waals surface area contributed by atoms with Gasteiger partial charge in [0, 0.05) is 4.47 Å². The monoisotopic (exact) mass is 325 g/mol. The van der Waals surface area contributed by atoms with Gasteiger partial charge >= 0.3 is 0 Å². The molecule has 0 aliphatic carbocycles. The van der Waals surface area contributed by atoms with Crippen molar-refractivity contribution in [1.29, 1.82) is 0 Å². The van der Waals surface area contributed by atoms with E-state index < -0.39 is 0 Å². The lowest BCUT2D eigenvalue weighted by atomic mass is 9.86. The summed E-state index contributed by atoms with van der Waals surface area (Å²) in [5.74, 6) is 1.61. The standard InChI is InChI=1S/C17H28BrN/c1-4-14(5-2)11-15(13-19-6-3)12-16-9-7-8-10-17(16)18/h7-10,14-15,19H,4-6,11-13H2,1-3H3. The van der Waals surface area contributed by atoms with Gasteiger partial charge in [0.05, 0.1) is 0 Å². The van der Waals surface area contributed by atoms with Crippen LogP contribution < -0.4 is 5.32 Å². The maximum Gasteiger partial charge on any atom is 0.0207 e. The van der Waals surface area contributed by atoms with E-state index in [2.05, 4.69) is 66.3 Å². The van der Waals surface area contributed by atoms with Crippen molar-refractivity contribution >= 4 is 15.9 Å². The van der Waals surface area contributed by atoms with Crippen LogP contribution in [0.2, 0.25) is 0 Å². The predicted molar refractivity (Wildman–Crippen MR) is 88.6 cm³/mol. The van der Waals surface area contributed by atoms with Crippen molar-refractivity contribution in [1.82, 2.24) is 5.32 Å². The number of hydrogen-bond acceptors (Lipinski definition) is 1. The maximum atomic E-state index is 3.67. The van der Waals surface area contributed by atoms with E-state index in [1.54, 1.807) is 0 Å². The molecule has 19 heavy (non-hydrogen) atoms. The summed E-state index contributed by atoms with van der Waals surface area (Å²) >= 11 is 3.67. The van der Waals surface area contributed by atoms with Crippen LogP contribution in [-0.4, -0.2) is 13.1 Å². The van der Waals surface area contributed by atoms with Crippen LogP contribution in [-0.2, 0) is 6.42 Å². The second-order valence-corrected chi connectivity index (χ2v) is 6.24. The minimum absolute atomic E-state index is 0.739. The van der Waals surface area contributed by atoms with Crippen molar-refractivity contribution in [2.45, 2.75) is 46.5 Å². The third kappa shape index (κ3) is 6.09. The van der Waals surface area contributed by atoms with Crippen molar-refractivity contribution in [3.8, 4) is 0 Å². The van der Waals surface area contributed by atoms with Gasteiger partial charge in [-0.15, -0.1) is 0 Å². The Hall–Kier alpha value is -0.340. The van der Waals surface area contributed by atoms with Crippen LogP contribution in [0.15, 0.2) is 28.7 Å². The molecule has 1 nitrogen and oxygen atoms in total. The highest BCUT2D eigenvalue weighted by molar-refractivity contribution is 9.10. The fraction of sp³-hybridized carbons (Fsp3) is 0.647. The van der Waals surface area contributed by atoms with Gasteiger partial charge in [-0.25, -0.2) is 0 Å². The Balaban J connectivity index is 2.65. The highest BCUT2D eigenvalue weighted by Gasteiger charge is 2.15. The van der Waals surface area contributed by atoms with Crippen LogP contribution in [0.3, 0.4) is 0 Å². The van der Waals surface area contributed by atoms with E-state index >= 15 is 0 Å². The van der Waals surface area contributed by atoms with Gasteiger partial charge in [0.2, 0.25) is 0 Å². The molecule has 0 bridgehead atoms. The average Bonchev–Trinajstić information content (AvgIpc) is 2.44. The Bertz CT molecular complexity index is 347. The Morgan fingerprint density at radius 3 is 2.32 bits per heavy atom. The summed E-state index contributed by atoms with van der Waals surface area (Å²) in [6.45, 7) is 9.02. The molecule has 0 spiro atoms. The van der Waals surface area contributed by atoms with Crippen molar-refractivity contribution in [2.75, 3.05) is 13.1 Å². The lowest BCUT2D eigenvalue weighted by molar-refractivity contribution is 0.340. The molecule has 2 heteroatoms. The number of nitrogens with one attached hydrogen (secondary N) is 1. The molecule has 108 valence electrons. The highest BCUT2D eigenvalue weighted by atomic mass is 79.9. The fourth-order valence-corrected chi connectivity index (χ4v) is 3.10. The van der Waals surface area contributed by atoms with Crippen molar-refractivity contribution in [2.24, 2.45) is 11.8 Å². The van der Waals surface area contributed by atoms with E-state index in [1.165, 1.54) is 35.7 Å². The van der Waals surface area contributed by atoms with Crippen LogP contribution in [0.1, 0.15) is 45.6 Å². The van der Waals surface area contributed by atoms with Gasteiger partial charge in [-0.05, 0) is 49.4 Å². The molecule has 0 fully saturated rings. The molecule has 1 aromatic carbocycles. The Morgan fingerprint density at radius 2 is 1.74 bits per heavy atom. The second kappa shape index (κ2) is 9.55. The van der Waals surface area contributed by atoms with Crippen LogP contribution in [0.4, 0.5) is 0 Å². The number of halogens is 1. The predicted octanol–water partition coefficient (Wildman–Crippen LogP) is 5.04. The van der Waals surface area contributed by atoms with E-state index in [1.807, 2.05) is 0 Å². The number of hydrogen-bond donors (Lipinski definition) is 1. The normalized spacial score (nSPS) is 12.9. The van der Waals surface area contributed by atoms with E-state index in [0.29, 0.717) is 0 Å². The SMILES string of the molecule is CCNCC(Cc1ccccc1Br)CC(CC)CC. The molecule has 0 saturated carbocycles. The maximum absolute atomic E-state index is 3.67. The Morgan fingerprint density at radius 1 is 1.05 bits per heavy atom. The first-order valence-corrected chi connectivity index (χ1v) is 8.44. The van der Waals surface area contributed by atoms with Crippen LogP contribution in [0.5, 0.6) is 0 Å². The summed E-state index contributed by atoms with van der Waals surface area (Å²) in [5, 5.41) is 3.53. The van der Waals surface area contributed by atoms with E-state index in [-0.39, 0.29) is 0 Å². The summed E-state index contributed by atoms with van der Waals surface area (Å²) in [4.78, 5) is 0. The summed E-state index contributed by atoms with van der Waals surface area (Å²) in [6, 6.07) is 8.63. The Kier molecular flexibility index (Phi) is 8.40. The van der Waals surface area contributed by atoms with Gasteiger partial charge < -0.3 is 5.32 Å². The first-order valence-electron chi connectivity index (χ1n) is 7.65. The zero-order chi connectivity index (χ0) is 14.1. The third-order valence-corrected chi connectivity index (χ3v) is 4.74. The van der Waals surface area contributed by atoms with Gasteiger partial charge in [-0.2, -0.15) is 0 Å². The molecule has 1 rings (SSSR count). The molecular formula is C17H28BrN. The van der Waals surface area contributed by atoms with Gasteiger partial charge in [0.15, 0.2) is 0 Å². The lowest BCUT2D eigenvalue weighted by Crippen LogP contribution is -2.26. The molecule has 1 aromatic rings. The molecule has 0 amide bonds. The average molecular weight is 326 g/mol. The minimum atomic E-state index is 0.739. The van der Waals surface area contributed by atoms with Gasteiger partial charge in [0.25, 0.3) is 0 Å². The lowest BCUT2D eigenvalue weighted by Gasteiger charge is -2.23. The summed E-state index contributed by atoms with van der Waals surface area (Å²) in [6.07, 6.45) is 5.11. The summed E-state index contributed by atoms with van der Waals surface area (Å²) < 4.78 is 1.25. The number of benzene rings is 1. The molecule has 1 atom stereocenters. The molecule has 1 N–H and O–H groups in total. The Labute approximate surface area is 127 Å². The fourth-order valence-electron chi connectivity index (χ4n) is 2.66. The highest BCUT2D eigenvalue weighted by Crippen LogP contribution is 2.25. The van der Waals surface area contributed by atoms with Gasteiger partial charge in [-0.1, -0.05) is 67.7 Å². The topological polar surface area (TPSA) is 12.0 Å². The number of rotatable bonds is 9. The quantitative estimate of drug-likeness (QED) is 0.670. The first-order chi connectivity index (χ1) is 9.21. The van der Waals surface area contributed by atoms with Gasteiger partial charge in [0.1, 0.15) is 0 Å². The first kappa shape index (κ1) is 16.7. The molecule has 0 aromatic heterocycles. The zero-order valence-electron chi connectivity index (χ0n) is 12.6. The van der Waals surface area contributed by atoms with E-state index in [9.17, 15) is 0 Å². The van der Waals surface area contributed by atoms with Crippen LogP contribution >= 0.6 is 15.9 Å². The second-order valence-electron chi connectivity index (χ2n) is 5.39. The smallest absolute Gasteiger partial charge is 0.0207 e. The molecule has 0 heterocycles. The molecule has 0 saturated heterocycles. The van der Waals surface area contributed by atoms with Crippen molar-refractivity contribution < 1.29 is 0 Å². The molecular weight excluding hydrogens is 298 g/mol. The zero-order valence-corrected chi connectivity index (χ0v) is 14.2. The van der Waals surface area contributed by atoms with Crippen molar-refractivity contribution in [3.63, 3.8) is 0 Å². The van der Waals surface area contributed by atoms with E-state index in [0.717, 1.165) is 24.9 Å². The largest absolute Gasteiger partial charge is 0.317 e. The van der Waals surface area contributed by atoms with E-state index in [4.69, 9.17) is 0 Å². The third-order valence-electron chi connectivity index (χ3n) is 3.97. The summed E-state index contributed by atoms with van der Waals surface area (Å²) in [7, 11) is 0. The van der Waals surface area contributed by atoms with Gasteiger partial charge in [-0.3, -0.25) is 0 Å². The molecule has 1 unspecified atom stereocenters. The van der Waals surface area contributed by atoms with Crippen LogP contribution in [0, 0.1) is 11.8 Å². The van der Waals surface area contributed by atoms with Crippen LogP contribution in [0.25, 0.3) is 0 Å². The minimum Gasteiger partial charge on any atom is -0.317 e. The summed E-state index contributed by atoms with van der Waals surface area (Å²) in [5.41, 5.74) is 1.44.